The van der Waals surface area contributed by atoms with Crippen molar-refractivity contribution in [1.82, 2.24) is 24.7 Å². The molecule has 3 aliphatic heterocycles. The average molecular weight is 504 g/mol. The van der Waals surface area contributed by atoms with Gasteiger partial charge in [0.25, 0.3) is 0 Å². The molecule has 9 nitrogen and oxygen atoms in total. The van der Waals surface area contributed by atoms with Gasteiger partial charge in [0.2, 0.25) is 11.8 Å². The summed E-state index contributed by atoms with van der Waals surface area (Å²) >= 11 is 1.65. The molecule has 6 heterocycles. The highest BCUT2D eigenvalue weighted by atomic mass is 32.1. The van der Waals surface area contributed by atoms with E-state index in [-0.39, 0.29) is 25.0 Å². The molecule has 1 unspecified atom stereocenters. The normalized spacial score (nSPS) is 20.2. The zero-order valence-corrected chi connectivity index (χ0v) is 20.0. The number of hydrogen-bond donors (Lipinski definition) is 0. The fraction of sp³-hybridized carbons (Fsp3) is 0.545. The molecule has 0 aliphatic carbocycles. The Bertz CT molecular complexity index is 1330. The Kier molecular flexibility index (Phi) is 5.46. The summed E-state index contributed by atoms with van der Waals surface area (Å²) in [6, 6.07) is 2.16. The van der Waals surface area contributed by atoms with E-state index in [0.29, 0.717) is 32.1 Å². The molecule has 0 saturated carbocycles. The topological polar surface area (TPSA) is 87.7 Å². The summed E-state index contributed by atoms with van der Waals surface area (Å²) in [6.45, 7) is 4.85. The monoisotopic (exact) mass is 503 g/mol. The Morgan fingerprint density at radius 3 is 2.86 bits per heavy atom. The van der Waals surface area contributed by atoms with Crippen LogP contribution in [0.4, 0.5) is 24.9 Å². The van der Waals surface area contributed by atoms with E-state index in [9.17, 15) is 13.2 Å². The number of hydrogen-bond acceptors (Lipinski definition) is 9. The van der Waals surface area contributed by atoms with Crippen LogP contribution in [0.15, 0.2) is 16.1 Å². The first-order chi connectivity index (χ1) is 16.9. The average Bonchev–Trinajstić information content (AvgIpc) is 3.46. The second-order valence-corrected chi connectivity index (χ2v) is 9.99. The quantitative estimate of drug-likeness (QED) is 0.543. The number of thiophene rings is 1. The first-order valence-corrected chi connectivity index (χ1v) is 12.6. The summed E-state index contributed by atoms with van der Waals surface area (Å²) in [6.07, 6.45) is 0.0720. The molecule has 0 aromatic carbocycles. The summed E-state index contributed by atoms with van der Waals surface area (Å²) in [7, 11) is 0. The van der Waals surface area contributed by atoms with Crippen LogP contribution < -0.4 is 9.80 Å². The van der Waals surface area contributed by atoms with E-state index in [1.54, 1.807) is 11.3 Å². The third-order valence-electron chi connectivity index (χ3n) is 6.60. The van der Waals surface area contributed by atoms with E-state index in [0.717, 1.165) is 41.0 Å². The third kappa shape index (κ3) is 3.95. The lowest BCUT2D eigenvalue weighted by molar-refractivity contribution is -0.147. The largest absolute Gasteiger partial charge is 0.451 e. The molecular formula is C22H24F3N9S. The van der Waals surface area contributed by atoms with Gasteiger partial charge in [-0.25, -0.2) is 4.98 Å². The number of aryl methyl sites for hydroxylation is 1. The second-order valence-electron chi connectivity index (χ2n) is 8.87. The van der Waals surface area contributed by atoms with E-state index in [4.69, 9.17) is 9.97 Å². The van der Waals surface area contributed by atoms with Crippen LogP contribution in [0, 0.1) is 0 Å². The molecule has 13 heteroatoms. The molecule has 0 N–H and O–H groups in total. The van der Waals surface area contributed by atoms with Gasteiger partial charge in [0, 0.05) is 42.9 Å². The number of aliphatic imine (C=N–C) groups is 2. The molecule has 3 aromatic rings. The number of rotatable bonds is 4. The van der Waals surface area contributed by atoms with Gasteiger partial charge in [-0.15, -0.1) is 21.5 Å². The van der Waals surface area contributed by atoms with Crippen LogP contribution in [0.5, 0.6) is 0 Å². The van der Waals surface area contributed by atoms with Crippen LogP contribution in [-0.2, 0) is 25.7 Å². The number of halogens is 3. The molecule has 1 atom stereocenters. The van der Waals surface area contributed by atoms with Crippen LogP contribution in [-0.4, -0.2) is 68.9 Å². The van der Waals surface area contributed by atoms with Gasteiger partial charge < -0.3 is 14.4 Å². The van der Waals surface area contributed by atoms with Gasteiger partial charge in [-0.1, -0.05) is 13.3 Å². The lowest BCUT2D eigenvalue weighted by Crippen LogP contribution is -2.50. The third-order valence-corrected chi connectivity index (χ3v) is 7.68. The van der Waals surface area contributed by atoms with Crippen molar-refractivity contribution in [2.24, 2.45) is 9.98 Å². The number of aromatic nitrogens is 5. The van der Waals surface area contributed by atoms with Crippen LogP contribution in [0.2, 0.25) is 0 Å². The molecule has 0 saturated heterocycles. The lowest BCUT2D eigenvalue weighted by Gasteiger charge is -2.37. The van der Waals surface area contributed by atoms with Gasteiger partial charge in [0.05, 0.1) is 31.1 Å². The summed E-state index contributed by atoms with van der Waals surface area (Å²) in [4.78, 5) is 25.4. The van der Waals surface area contributed by atoms with Crippen molar-refractivity contribution in [2.75, 3.05) is 36.0 Å². The molecule has 0 radical (unpaired) electrons. The summed E-state index contributed by atoms with van der Waals surface area (Å²) in [5.74, 6) is 0.694. The molecule has 3 aliphatic rings. The molecular weight excluding hydrogens is 479 g/mol. The molecule has 0 fully saturated rings. The van der Waals surface area contributed by atoms with E-state index in [1.165, 1.54) is 9.44 Å². The summed E-state index contributed by atoms with van der Waals surface area (Å²) in [5, 5.41) is 8.20. The zero-order chi connectivity index (χ0) is 24.2. The highest BCUT2D eigenvalue weighted by molar-refractivity contribution is 7.18. The van der Waals surface area contributed by atoms with Crippen molar-refractivity contribution in [3.05, 3.63) is 22.6 Å². The Labute approximate surface area is 203 Å². The minimum absolute atomic E-state index is 0.0351. The lowest BCUT2D eigenvalue weighted by atomic mass is 10.0. The molecule has 35 heavy (non-hydrogen) atoms. The molecule has 0 bridgehead atoms. The second kappa shape index (κ2) is 8.54. The van der Waals surface area contributed by atoms with E-state index >= 15 is 0 Å². The predicted molar refractivity (Wildman–Crippen MR) is 129 cm³/mol. The van der Waals surface area contributed by atoms with Crippen molar-refractivity contribution in [1.29, 1.82) is 0 Å². The van der Waals surface area contributed by atoms with Crippen LogP contribution in [0.1, 0.15) is 36.3 Å². The van der Waals surface area contributed by atoms with Crippen molar-refractivity contribution in [2.45, 2.75) is 51.5 Å². The first-order valence-electron chi connectivity index (χ1n) is 11.7. The Morgan fingerprint density at radius 1 is 1.14 bits per heavy atom. The zero-order valence-electron chi connectivity index (χ0n) is 19.2. The molecule has 0 spiro atoms. The molecule has 6 rings (SSSR count). The standard InChI is InChI=1S/C22H24F3N9S/c1-2-3-13-10-14-18(32-8-9-34-17(12-32)30-31-20(34)22(23,24)25)28-21(29-19(14)35-13)33-7-6-27-15-4-5-26-11-16(15)33/h5,10,16H,2-4,6-9,11-12H2,1H3. The van der Waals surface area contributed by atoms with Crippen LogP contribution in [0.25, 0.3) is 10.2 Å². The van der Waals surface area contributed by atoms with Crippen LogP contribution in [0.3, 0.4) is 0 Å². The maximum absolute atomic E-state index is 13.3. The number of alkyl halides is 3. The maximum Gasteiger partial charge on any atom is 0.451 e. The SMILES string of the molecule is CCCc1cc2c(N3CCn4c(nnc4C(F)(F)F)C3)nc(N3CCN=C4CC=NCC43)nc2s1. The van der Waals surface area contributed by atoms with Gasteiger partial charge in [-0.3, -0.25) is 9.98 Å². The van der Waals surface area contributed by atoms with Gasteiger partial charge in [-0.05, 0) is 12.5 Å². The summed E-state index contributed by atoms with van der Waals surface area (Å²) in [5.41, 5.74) is 1.10. The Hall–Kier alpha value is -3.09. The summed E-state index contributed by atoms with van der Waals surface area (Å²) < 4.78 is 41.1. The number of fused-ring (bicyclic) bond motifs is 3. The van der Waals surface area contributed by atoms with Crippen molar-refractivity contribution in [3.8, 4) is 0 Å². The van der Waals surface area contributed by atoms with Gasteiger partial charge in [-0.2, -0.15) is 18.2 Å². The fourth-order valence-corrected chi connectivity index (χ4v) is 6.07. The van der Waals surface area contributed by atoms with E-state index in [1.807, 2.05) is 11.1 Å². The fourth-order valence-electron chi connectivity index (χ4n) is 4.95. The maximum atomic E-state index is 13.3. The van der Waals surface area contributed by atoms with Gasteiger partial charge in [0.1, 0.15) is 10.6 Å². The Balaban J connectivity index is 1.41. The van der Waals surface area contributed by atoms with Gasteiger partial charge >= 0.3 is 6.18 Å². The molecule has 0 amide bonds. The number of nitrogens with zero attached hydrogens (tertiary/aromatic N) is 9. The van der Waals surface area contributed by atoms with Crippen molar-refractivity contribution in [3.63, 3.8) is 0 Å². The Morgan fingerprint density at radius 2 is 2.03 bits per heavy atom. The van der Waals surface area contributed by atoms with E-state index in [2.05, 4.69) is 38.1 Å². The smallest absolute Gasteiger partial charge is 0.347 e. The predicted octanol–water partition coefficient (Wildman–Crippen LogP) is 3.38. The van der Waals surface area contributed by atoms with Crippen molar-refractivity contribution < 1.29 is 13.2 Å². The van der Waals surface area contributed by atoms with E-state index < -0.39 is 12.0 Å². The first kappa shape index (κ1) is 22.4. The van der Waals surface area contributed by atoms with Crippen molar-refractivity contribution >= 4 is 45.2 Å². The minimum atomic E-state index is -4.53. The van der Waals surface area contributed by atoms with Crippen LogP contribution >= 0.6 is 11.3 Å². The highest BCUT2D eigenvalue weighted by Gasteiger charge is 2.40. The van der Waals surface area contributed by atoms with Gasteiger partial charge in [0.15, 0.2) is 5.82 Å². The highest BCUT2D eigenvalue weighted by Crippen LogP contribution is 2.36. The molecule has 3 aromatic heterocycles. The number of anilines is 2. The molecule has 184 valence electrons. The minimum Gasteiger partial charge on any atom is -0.347 e.